The fourth-order valence-corrected chi connectivity index (χ4v) is 4.19. The molecule has 0 aliphatic rings. The summed E-state index contributed by atoms with van der Waals surface area (Å²) in [6.45, 7) is 0.711. The van der Waals surface area contributed by atoms with Gasteiger partial charge in [-0.1, -0.05) is 91.0 Å². The molecule has 3 rings (SSSR count). The average Bonchev–Trinajstić information content (AvgIpc) is 2.87. The van der Waals surface area contributed by atoms with E-state index < -0.39 is 17.9 Å². The molecule has 1 atom stereocenters. The van der Waals surface area contributed by atoms with Gasteiger partial charge in [-0.3, -0.25) is 14.6 Å². The molecule has 0 aliphatic heterocycles. The van der Waals surface area contributed by atoms with E-state index in [4.69, 9.17) is 17.2 Å². The third-order valence-corrected chi connectivity index (χ3v) is 5.91. The van der Waals surface area contributed by atoms with Crippen molar-refractivity contribution in [3.8, 4) is 0 Å². The number of benzene rings is 3. The minimum Gasteiger partial charge on any atom is -0.370 e. The van der Waals surface area contributed by atoms with Crippen LogP contribution in [0.1, 0.15) is 35.4 Å². The maximum Gasteiger partial charge on any atom is 0.240 e. The van der Waals surface area contributed by atoms with Gasteiger partial charge in [0.2, 0.25) is 11.8 Å². The van der Waals surface area contributed by atoms with Crippen LogP contribution in [0.5, 0.6) is 0 Å². The Morgan fingerprint density at radius 3 is 1.77 bits per heavy atom. The van der Waals surface area contributed by atoms with Crippen molar-refractivity contribution < 1.29 is 9.59 Å². The van der Waals surface area contributed by atoms with Crippen LogP contribution in [-0.4, -0.2) is 41.8 Å². The van der Waals surface area contributed by atoms with Crippen molar-refractivity contribution in [2.75, 3.05) is 13.1 Å². The molecule has 3 aromatic rings. The van der Waals surface area contributed by atoms with E-state index in [9.17, 15) is 9.59 Å². The van der Waals surface area contributed by atoms with Crippen molar-refractivity contribution in [1.82, 2.24) is 4.90 Å². The van der Waals surface area contributed by atoms with E-state index in [0.717, 1.165) is 16.7 Å². The number of carbonyl (C=O) groups excluding carboxylic acids is 2. The van der Waals surface area contributed by atoms with Crippen LogP contribution in [0.25, 0.3) is 0 Å². The molecule has 0 saturated carbocycles. The predicted octanol–water partition coefficient (Wildman–Crippen LogP) is 2.80. The lowest BCUT2D eigenvalue weighted by atomic mass is 9.89. The number of nitrogens with zero attached hydrogens (tertiary/aromatic N) is 2. The molecule has 0 aliphatic carbocycles. The molecule has 182 valence electrons. The quantitative estimate of drug-likeness (QED) is 0.213. The van der Waals surface area contributed by atoms with E-state index in [-0.39, 0.29) is 11.9 Å². The van der Waals surface area contributed by atoms with Crippen molar-refractivity contribution in [3.05, 3.63) is 108 Å². The SMILES string of the molecule is NC(=O)[C@@H](CCCN=C(N)N)N(CCc1ccccc1)C(=O)C(c1ccccc1)c1ccccc1. The molecule has 0 spiro atoms. The van der Waals surface area contributed by atoms with E-state index >= 15 is 0 Å². The van der Waals surface area contributed by atoms with Gasteiger partial charge in [0.1, 0.15) is 6.04 Å². The minimum atomic E-state index is -0.782. The molecular formula is C28H33N5O2. The fourth-order valence-electron chi connectivity index (χ4n) is 4.19. The summed E-state index contributed by atoms with van der Waals surface area (Å²) >= 11 is 0. The van der Waals surface area contributed by atoms with Crippen molar-refractivity contribution in [1.29, 1.82) is 0 Å². The third-order valence-electron chi connectivity index (χ3n) is 5.91. The topological polar surface area (TPSA) is 128 Å². The Balaban J connectivity index is 1.96. The van der Waals surface area contributed by atoms with Crippen LogP contribution >= 0.6 is 0 Å². The number of primary amides is 1. The lowest BCUT2D eigenvalue weighted by Crippen LogP contribution is -2.50. The number of hydrogen-bond donors (Lipinski definition) is 3. The van der Waals surface area contributed by atoms with Gasteiger partial charge in [0, 0.05) is 13.1 Å². The molecule has 0 unspecified atom stereocenters. The largest absolute Gasteiger partial charge is 0.370 e. The van der Waals surface area contributed by atoms with Crippen LogP contribution in [0, 0.1) is 0 Å². The monoisotopic (exact) mass is 471 g/mol. The average molecular weight is 472 g/mol. The lowest BCUT2D eigenvalue weighted by Gasteiger charge is -2.33. The van der Waals surface area contributed by atoms with Crippen LogP contribution in [0.15, 0.2) is 96.0 Å². The highest BCUT2D eigenvalue weighted by Gasteiger charge is 2.34. The molecule has 0 radical (unpaired) electrons. The Kier molecular flexibility index (Phi) is 9.42. The van der Waals surface area contributed by atoms with Crippen LogP contribution in [-0.2, 0) is 16.0 Å². The number of nitrogens with two attached hydrogens (primary N) is 3. The van der Waals surface area contributed by atoms with E-state index in [0.29, 0.717) is 32.4 Å². The highest BCUT2D eigenvalue weighted by atomic mass is 16.2. The van der Waals surface area contributed by atoms with Gasteiger partial charge in [0.15, 0.2) is 5.96 Å². The van der Waals surface area contributed by atoms with E-state index in [2.05, 4.69) is 4.99 Å². The predicted molar refractivity (Wildman–Crippen MR) is 139 cm³/mol. The van der Waals surface area contributed by atoms with E-state index in [1.807, 2.05) is 91.0 Å². The van der Waals surface area contributed by atoms with Gasteiger partial charge in [-0.05, 0) is 36.0 Å². The van der Waals surface area contributed by atoms with Gasteiger partial charge in [0.25, 0.3) is 0 Å². The van der Waals surface area contributed by atoms with Gasteiger partial charge in [-0.2, -0.15) is 0 Å². The summed E-state index contributed by atoms with van der Waals surface area (Å²) in [5, 5.41) is 0. The number of amides is 2. The van der Waals surface area contributed by atoms with Crippen LogP contribution in [0.2, 0.25) is 0 Å². The molecule has 35 heavy (non-hydrogen) atoms. The third kappa shape index (κ3) is 7.43. The van der Waals surface area contributed by atoms with Crippen molar-refractivity contribution in [3.63, 3.8) is 0 Å². The number of hydrogen-bond acceptors (Lipinski definition) is 3. The Morgan fingerprint density at radius 2 is 1.29 bits per heavy atom. The van der Waals surface area contributed by atoms with Crippen molar-refractivity contribution in [2.45, 2.75) is 31.2 Å². The Hall–Kier alpha value is -4.13. The lowest BCUT2D eigenvalue weighted by molar-refractivity contribution is -0.140. The summed E-state index contributed by atoms with van der Waals surface area (Å²) in [6, 6.07) is 28.3. The number of aliphatic imine (C=N–C) groups is 1. The van der Waals surface area contributed by atoms with Gasteiger partial charge >= 0.3 is 0 Å². The first-order chi connectivity index (χ1) is 17.0. The second kappa shape index (κ2) is 12.9. The molecule has 0 fully saturated rings. The second-order valence-electron chi connectivity index (χ2n) is 8.39. The molecule has 0 heterocycles. The number of carbonyl (C=O) groups is 2. The van der Waals surface area contributed by atoms with E-state index in [1.165, 1.54) is 0 Å². The first kappa shape index (κ1) is 25.5. The first-order valence-electron chi connectivity index (χ1n) is 11.8. The summed E-state index contributed by atoms with van der Waals surface area (Å²) in [5.74, 6) is -1.28. The Labute approximate surface area is 206 Å². The highest BCUT2D eigenvalue weighted by Crippen LogP contribution is 2.28. The van der Waals surface area contributed by atoms with Crippen molar-refractivity contribution >= 4 is 17.8 Å². The normalized spacial score (nSPS) is 11.6. The zero-order chi connectivity index (χ0) is 25.0. The second-order valence-corrected chi connectivity index (χ2v) is 8.39. The van der Waals surface area contributed by atoms with Gasteiger partial charge < -0.3 is 22.1 Å². The molecule has 7 nitrogen and oxygen atoms in total. The zero-order valence-corrected chi connectivity index (χ0v) is 19.8. The molecule has 0 bridgehead atoms. The minimum absolute atomic E-state index is 0.00847. The maximum atomic E-state index is 14.2. The Morgan fingerprint density at radius 1 is 0.771 bits per heavy atom. The van der Waals surface area contributed by atoms with Gasteiger partial charge in [0.05, 0.1) is 5.92 Å². The molecule has 7 heteroatoms. The first-order valence-corrected chi connectivity index (χ1v) is 11.8. The molecular weight excluding hydrogens is 438 g/mol. The molecule has 0 saturated heterocycles. The van der Waals surface area contributed by atoms with Gasteiger partial charge in [-0.25, -0.2) is 0 Å². The molecule has 3 aromatic carbocycles. The summed E-state index contributed by atoms with van der Waals surface area (Å²) in [4.78, 5) is 32.5. The zero-order valence-electron chi connectivity index (χ0n) is 19.8. The Bertz CT molecular complexity index is 1060. The van der Waals surface area contributed by atoms with E-state index in [1.54, 1.807) is 4.90 Å². The van der Waals surface area contributed by atoms with Crippen LogP contribution in [0.3, 0.4) is 0 Å². The molecule has 6 N–H and O–H groups in total. The molecule has 0 aromatic heterocycles. The summed E-state index contributed by atoms with van der Waals surface area (Å²) in [5.41, 5.74) is 19.5. The standard InChI is InChI=1S/C28H33N5O2/c29-26(34)24(17-10-19-32-28(30)31)33(20-18-21-11-4-1-5-12-21)27(35)25(22-13-6-2-7-14-22)23-15-8-3-9-16-23/h1-9,11-16,24-25H,10,17-20H2,(H2,29,34)(H4,30,31,32)/t24-/m1/s1. The fraction of sp³-hybridized carbons (Fsp3) is 0.250. The summed E-state index contributed by atoms with van der Waals surface area (Å²) in [6.07, 6.45) is 1.48. The summed E-state index contributed by atoms with van der Waals surface area (Å²) < 4.78 is 0. The highest BCUT2D eigenvalue weighted by molar-refractivity contribution is 5.92. The maximum absolute atomic E-state index is 14.2. The number of guanidine groups is 1. The smallest absolute Gasteiger partial charge is 0.240 e. The number of rotatable bonds is 12. The van der Waals surface area contributed by atoms with Crippen LogP contribution < -0.4 is 17.2 Å². The van der Waals surface area contributed by atoms with Crippen molar-refractivity contribution in [2.24, 2.45) is 22.2 Å². The summed E-state index contributed by atoms with van der Waals surface area (Å²) in [7, 11) is 0. The van der Waals surface area contributed by atoms with Gasteiger partial charge in [-0.15, -0.1) is 0 Å². The molecule has 2 amide bonds. The van der Waals surface area contributed by atoms with Crippen LogP contribution in [0.4, 0.5) is 0 Å².